The van der Waals surface area contributed by atoms with Crippen molar-refractivity contribution in [2.24, 2.45) is 0 Å². The molecule has 0 saturated carbocycles. The first-order valence-electron chi connectivity index (χ1n) is 7.87. The van der Waals surface area contributed by atoms with Gasteiger partial charge in [0.05, 0.1) is 6.04 Å². The molecule has 1 unspecified atom stereocenters. The van der Waals surface area contributed by atoms with Gasteiger partial charge in [0, 0.05) is 22.9 Å². The molecule has 1 N–H and O–H groups in total. The highest BCUT2D eigenvalue weighted by molar-refractivity contribution is 9.10. The number of fused-ring (bicyclic) bond motifs is 1. The van der Waals surface area contributed by atoms with E-state index in [0.717, 1.165) is 34.3 Å². The molecule has 1 fully saturated rings. The number of nitrogens with zero attached hydrogens (tertiary/aromatic N) is 1. The molecule has 1 aliphatic rings. The van der Waals surface area contributed by atoms with Gasteiger partial charge in [-0.05, 0) is 57.1 Å². The Bertz CT molecular complexity index is 589. The largest absolute Gasteiger partial charge is 0.459 e. The van der Waals surface area contributed by atoms with Gasteiger partial charge in [0.15, 0.2) is 0 Å². The summed E-state index contributed by atoms with van der Waals surface area (Å²) in [7, 11) is 0. The van der Waals surface area contributed by atoms with Crippen molar-refractivity contribution in [3.63, 3.8) is 0 Å². The highest BCUT2D eigenvalue weighted by Crippen LogP contribution is 2.26. The number of benzene rings is 1. The van der Waals surface area contributed by atoms with Crippen LogP contribution in [0.15, 0.2) is 33.2 Å². The lowest BCUT2D eigenvalue weighted by molar-refractivity contribution is 0.226. The molecule has 1 aliphatic heterocycles. The summed E-state index contributed by atoms with van der Waals surface area (Å²) in [5.41, 5.74) is 0.956. The van der Waals surface area contributed by atoms with Gasteiger partial charge in [-0.1, -0.05) is 22.4 Å². The van der Waals surface area contributed by atoms with Gasteiger partial charge < -0.3 is 14.6 Å². The molecule has 0 radical (unpaired) electrons. The van der Waals surface area contributed by atoms with Crippen LogP contribution in [-0.4, -0.2) is 31.1 Å². The molecule has 1 atom stereocenters. The predicted octanol–water partition coefficient (Wildman–Crippen LogP) is 4.33. The zero-order valence-corrected chi connectivity index (χ0v) is 14.2. The lowest BCUT2D eigenvalue weighted by atomic mass is 10.1. The summed E-state index contributed by atoms with van der Waals surface area (Å²) in [6, 6.07) is 8.52. The quantitative estimate of drug-likeness (QED) is 0.869. The smallest absolute Gasteiger partial charge is 0.134 e. The van der Waals surface area contributed by atoms with Gasteiger partial charge in [0.25, 0.3) is 0 Å². The first-order chi connectivity index (χ1) is 10.2. The fraction of sp³-hybridized carbons (Fsp3) is 0.529. The third-order valence-corrected chi connectivity index (χ3v) is 4.74. The molecular weight excluding hydrogens is 328 g/mol. The van der Waals surface area contributed by atoms with Gasteiger partial charge in [0.2, 0.25) is 0 Å². The molecule has 1 aromatic heterocycles. The van der Waals surface area contributed by atoms with Crippen molar-refractivity contribution >= 4 is 26.9 Å². The van der Waals surface area contributed by atoms with Crippen LogP contribution in [0.25, 0.3) is 11.0 Å². The molecule has 21 heavy (non-hydrogen) atoms. The molecule has 0 amide bonds. The van der Waals surface area contributed by atoms with Gasteiger partial charge in [-0.2, -0.15) is 0 Å². The van der Waals surface area contributed by atoms with E-state index >= 15 is 0 Å². The number of likely N-dealkylation sites (tertiary alicyclic amines) is 1. The number of halogens is 1. The number of hydrogen-bond donors (Lipinski definition) is 1. The summed E-state index contributed by atoms with van der Waals surface area (Å²) in [5, 5.41) is 4.73. The second-order valence-electron chi connectivity index (χ2n) is 5.91. The van der Waals surface area contributed by atoms with E-state index in [2.05, 4.69) is 45.2 Å². The number of hydrogen-bond acceptors (Lipinski definition) is 3. The summed E-state index contributed by atoms with van der Waals surface area (Å²) < 4.78 is 7.02. The maximum absolute atomic E-state index is 5.93. The average Bonchev–Trinajstić information content (AvgIpc) is 2.91. The highest BCUT2D eigenvalue weighted by Gasteiger charge is 2.13. The van der Waals surface area contributed by atoms with E-state index < -0.39 is 0 Å². The van der Waals surface area contributed by atoms with Crippen molar-refractivity contribution < 1.29 is 4.42 Å². The van der Waals surface area contributed by atoms with Gasteiger partial charge in [-0.25, -0.2) is 0 Å². The fourth-order valence-corrected chi connectivity index (χ4v) is 3.35. The van der Waals surface area contributed by atoms with Crippen LogP contribution in [0.1, 0.15) is 38.0 Å². The molecule has 0 spiro atoms. The molecule has 0 aliphatic carbocycles. The molecule has 2 aromatic rings. The van der Waals surface area contributed by atoms with Crippen LogP contribution in [0.5, 0.6) is 0 Å². The van der Waals surface area contributed by atoms with E-state index in [-0.39, 0.29) is 6.04 Å². The van der Waals surface area contributed by atoms with Crippen molar-refractivity contribution in [1.82, 2.24) is 10.2 Å². The molecule has 3 rings (SSSR count). The Labute approximate surface area is 134 Å². The minimum Gasteiger partial charge on any atom is -0.459 e. The topological polar surface area (TPSA) is 28.4 Å². The van der Waals surface area contributed by atoms with E-state index in [4.69, 9.17) is 4.42 Å². The molecule has 4 heteroatoms. The van der Waals surface area contributed by atoms with Crippen molar-refractivity contribution in [2.75, 3.05) is 26.2 Å². The molecule has 2 heterocycles. The van der Waals surface area contributed by atoms with E-state index in [1.807, 2.05) is 12.1 Å². The van der Waals surface area contributed by atoms with Crippen LogP contribution >= 0.6 is 15.9 Å². The first kappa shape index (κ1) is 15.1. The van der Waals surface area contributed by atoms with E-state index in [9.17, 15) is 0 Å². The van der Waals surface area contributed by atoms with Crippen LogP contribution in [0.2, 0.25) is 0 Å². The standard InChI is InChI=1S/C17H23BrN2O/c1-13(19-7-10-20-8-3-2-4-9-20)17-12-14-11-15(18)5-6-16(14)21-17/h5-6,11-13,19H,2-4,7-10H2,1H3. The number of piperidine rings is 1. The van der Waals surface area contributed by atoms with Crippen molar-refractivity contribution in [3.8, 4) is 0 Å². The monoisotopic (exact) mass is 350 g/mol. The van der Waals surface area contributed by atoms with Gasteiger partial charge in [-0.3, -0.25) is 0 Å². The highest BCUT2D eigenvalue weighted by atomic mass is 79.9. The Balaban J connectivity index is 1.54. The fourth-order valence-electron chi connectivity index (χ4n) is 2.97. The van der Waals surface area contributed by atoms with Gasteiger partial charge in [-0.15, -0.1) is 0 Å². The first-order valence-corrected chi connectivity index (χ1v) is 8.66. The summed E-state index contributed by atoms with van der Waals surface area (Å²) in [4.78, 5) is 2.55. The summed E-state index contributed by atoms with van der Waals surface area (Å²) in [6.07, 6.45) is 4.11. The Morgan fingerprint density at radius 1 is 1.24 bits per heavy atom. The van der Waals surface area contributed by atoms with E-state index in [1.54, 1.807) is 0 Å². The molecule has 3 nitrogen and oxygen atoms in total. The van der Waals surface area contributed by atoms with Crippen LogP contribution in [0.3, 0.4) is 0 Å². The van der Waals surface area contributed by atoms with Gasteiger partial charge in [0.1, 0.15) is 11.3 Å². The molecule has 0 bridgehead atoms. The Kier molecular flexibility index (Phi) is 4.99. The summed E-state index contributed by atoms with van der Waals surface area (Å²) in [6.45, 7) is 6.84. The Hall–Kier alpha value is -0.840. The normalized spacial score (nSPS) is 18.2. The van der Waals surface area contributed by atoms with Gasteiger partial charge >= 0.3 is 0 Å². The third kappa shape index (κ3) is 3.87. The van der Waals surface area contributed by atoms with E-state index in [0.29, 0.717) is 0 Å². The van der Waals surface area contributed by atoms with Crippen LogP contribution in [0.4, 0.5) is 0 Å². The second kappa shape index (κ2) is 6.95. The number of nitrogens with one attached hydrogen (secondary N) is 1. The third-order valence-electron chi connectivity index (χ3n) is 4.25. The Morgan fingerprint density at radius 3 is 2.86 bits per heavy atom. The van der Waals surface area contributed by atoms with Crippen LogP contribution in [0, 0.1) is 0 Å². The van der Waals surface area contributed by atoms with E-state index in [1.165, 1.54) is 32.4 Å². The minimum atomic E-state index is 0.251. The second-order valence-corrected chi connectivity index (χ2v) is 6.82. The summed E-state index contributed by atoms with van der Waals surface area (Å²) >= 11 is 3.50. The molecule has 1 saturated heterocycles. The van der Waals surface area contributed by atoms with Crippen molar-refractivity contribution in [3.05, 3.63) is 34.5 Å². The number of furan rings is 1. The number of rotatable bonds is 5. The molecule has 1 aromatic carbocycles. The van der Waals surface area contributed by atoms with Crippen molar-refractivity contribution in [1.29, 1.82) is 0 Å². The lowest BCUT2D eigenvalue weighted by Gasteiger charge is -2.26. The summed E-state index contributed by atoms with van der Waals surface area (Å²) in [5.74, 6) is 1.02. The minimum absolute atomic E-state index is 0.251. The molecular formula is C17H23BrN2O. The predicted molar refractivity (Wildman–Crippen MR) is 90.6 cm³/mol. The lowest BCUT2D eigenvalue weighted by Crippen LogP contribution is -2.36. The van der Waals surface area contributed by atoms with Crippen LogP contribution in [-0.2, 0) is 0 Å². The zero-order chi connectivity index (χ0) is 14.7. The Morgan fingerprint density at radius 2 is 2.05 bits per heavy atom. The maximum Gasteiger partial charge on any atom is 0.134 e. The average molecular weight is 351 g/mol. The molecule has 114 valence electrons. The maximum atomic E-state index is 5.93. The van der Waals surface area contributed by atoms with Crippen LogP contribution < -0.4 is 5.32 Å². The SMILES string of the molecule is CC(NCCN1CCCCC1)c1cc2cc(Br)ccc2o1. The van der Waals surface area contributed by atoms with Crippen molar-refractivity contribution in [2.45, 2.75) is 32.2 Å². The zero-order valence-electron chi connectivity index (χ0n) is 12.6.